The third kappa shape index (κ3) is 2.86. The fourth-order valence-electron chi connectivity index (χ4n) is 6.54. The average molecular weight is 462 g/mol. The van der Waals surface area contributed by atoms with Gasteiger partial charge in [0.2, 0.25) is 0 Å². The number of aromatic amines is 1. The molecule has 3 heterocycles. The Morgan fingerprint density at radius 1 is 1.12 bits per heavy atom. The summed E-state index contributed by atoms with van der Waals surface area (Å²) in [5, 5.41) is 10.6. The molecule has 7 rings (SSSR count). The van der Waals surface area contributed by atoms with Gasteiger partial charge in [0, 0.05) is 27.9 Å². The lowest BCUT2D eigenvalue weighted by Crippen LogP contribution is -2.36. The van der Waals surface area contributed by atoms with E-state index in [1.165, 1.54) is 11.1 Å². The fourth-order valence-corrected chi connectivity index (χ4v) is 6.70. The van der Waals surface area contributed by atoms with Gasteiger partial charge in [-0.2, -0.15) is 0 Å². The molecule has 2 fully saturated rings. The van der Waals surface area contributed by atoms with E-state index in [9.17, 15) is 9.90 Å². The third-order valence-electron chi connectivity index (χ3n) is 8.02. The third-order valence-corrected chi connectivity index (χ3v) is 8.25. The number of halogens is 1. The molecule has 1 aromatic heterocycles. The molecule has 4 aliphatic rings. The molecule has 2 aliphatic carbocycles. The summed E-state index contributed by atoms with van der Waals surface area (Å²) in [7, 11) is 0. The highest BCUT2D eigenvalue weighted by molar-refractivity contribution is 6.30. The topological polar surface area (TPSA) is 78.5 Å². The SMILES string of the molecule is O=C(O)N1C(c2nc3c([nH]2)CCc2cc4c(cc2-3)COc2cc(Cl)ccc2-4)C[C@@H]2CCC[C@@H]21. The Morgan fingerprint density at radius 2 is 2.00 bits per heavy atom. The monoisotopic (exact) mass is 461 g/mol. The minimum absolute atomic E-state index is 0.139. The molecule has 33 heavy (non-hydrogen) atoms. The van der Waals surface area contributed by atoms with E-state index in [0.29, 0.717) is 17.5 Å². The van der Waals surface area contributed by atoms with Crippen molar-refractivity contribution in [3.63, 3.8) is 0 Å². The van der Waals surface area contributed by atoms with E-state index in [-0.39, 0.29) is 12.1 Å². The number of amides is 1. The van der Waals surface area contributed by atoms with Gasteiger partial charge >= 0.3 is 6.09 Å². The Morgan fingerprint density at radius 3 is 2.88 bits per heavy atom. The normalized spacial score (nSPS) is 24.4. The van der Waals surface area contributed by atoms with Crippen LogP contribution in [0.4, 0.5) is 4.79 Å². The van der Waals surface area contributed by atoms with Gasteiger partial charge in [-0.25, -0.2) is 9.78 Å². The summed E-state index contributed by atoms with van der Waals surface area (Å²) in [4.78, 5) is 22.3. The summed E-state index contributed by atoms with van der Waals surface area (Å²) in [5.41, 5.74) is 7.92. The predicted molar refractivity (Wildman–Crippen MR) is 125 cm³/mol. The van der Waals surface area contributed by atoms with E-state index < -0.39 is 6.09 Å². The van der Waals surface area contributed by atoms with Gasteiger partial charge in [0.05, 0.1) is 11.7 Å². The van der Waals surface area contributed by atoms with E-state index in [1.807, 2.05) is 18.2 Å². The smallest absolute Gasteiger partial charge is 0.408 e. The predicted octanol–water partition coefficient (Wildman–Crippen LogP) is 5.98. The molecule has 2 aromatic carbocycles. The van der Waals surface area contributed by atoms with Crippen LogP contribution in [-0.4, -0.2) is 32.1 Å². The molecule has 7 heteroatoms. The van der Waals surface area contributed by atoms with Gasteiger partial charge in [0.15, 0.2) is 0 Å². The van der Waals surface area contributed by atoms with Crippen LogP contribution in [0.25, 0.3) is 22.4 Å². The molecule has 2 aliphatic heterocycles. The fraction of sp³-hybridized carbons (Fsp3) is 0.385. The highest BCUT2D eigenvalue weighted by atomic mass is 35.5. The van der Waals surface area contributed by atoms with Gasteiger partial charge in [0.25, 0.3) is 0 Å². The van der Waals surface area contributed by atoms with Gasteiger partial charge in [-0.3, -0.25) is 4.90 Å². The molecule has 0 spiro atoms. The first-order valence-corrected chi connectivity index (χ1v) is 12.1. The number of nitrogens with zero attached hydrogens (tertiary/aromatic N) is 2. The standard InChI is InChI=1S/C26H24ClN3O3/c27-16-5-6-17-18-8-13-4-7-20-24(19(13)9-15(18)12-33-23(17)11-16)29-25(28-20)22-10-14-2-1-3-21(14)30(22)26(31)32/h5-6,8-9,11,14,21-22H,1-4,7,10,12H2,(H,28,29)(H,31,32)/t14-,21-,22?/m0/s1. The molecule has 3 atom stereocenters. The molecule has 1 saturated heterocycles. The number of hydrogen-bond donors (Lipinski definition) is 2. The van der Waals surface area contributed by atoms with Crippen molar-refractivity contribution in [3.05, 3.63) is 58.0 Å². The van der Waals surface area contributed by atoms with Crippen molar-refractivity contribution < 1.29 is 14.6 Å². The van der Waals surface area contributed by atoms with Crippen LogP contribution in [0.1, 0.15) is 54.4 Å². The lowest BCUT2D eigenvalue weighted by Gasteiger charge is -2.25. The lowest BCUT2D eigenvalue weighted by atomic mass is 9.86. The van der Waals surface area contributed by atoms with E-state index in [0.717, 1.165) is 78.2 Å². The maximum Gasteiger partial charge on any atom is 0.408 e. The number of imidazole rings is 1. The van der Waals surface area contributed by atoms with Crippen LogP contribution in [0, 0.1) is 5.92 Å². The van der Waals surface area contributed by atoms with E-state index in [2.05, 4.69) is 17.1 Å². The molecule has 1 saturated carbocycles. The van der Waals surface area contributed by atoms with E-state index >= 15 is 0 Å². The van der Waals surface area contributed by atoms with Crippen molar-refractivity contribution in [1.82, 2.24) is 14.9 Å². The van der Waals surface area contributed by atoms with Crippen molar-refractivity contribution >= 4 is 17.7 Å². The number of aromatic nitrogens is 2. The van der Waals surface area contributed by atoms with Gasteiger partial charge in [0.1, 0.15) is 18.2 Å². The molecule has 168 valence electrons. The second kappa shape index (κ2) is 7.00. The second-order valence-corrected chi connectivity index (χ2v) is 10.2. The number of carbonyl (C=O) groups is 1. The molecule has 3 aromatic rings. The second-order valence-electron chi connectivity index (χ2n) is 9.74. The lowest BCUT2D eigenvalue weighted by molar-refractivity contribution is 0.118. The number of H-pyrrole nitrogens is 1. The number of benzene rings is 2. The van der Waals surface area contributed by atoms with Crippen LogP contribution in [0.5, 0.6) is 5.75 Å². The Balaban J connectivity index is 1.29. The summed E-state index contributed by atoms with van der Waals surface area (Å²) in [5.74, 6) is 2.09. The number of ether oxygens (including phenoxy) is 1. The van der Waals surface area contributed by atoms with Crippen LogP contribution in [0.15, 0.2) is 30.3 Å². The van der Waals surface area contributed by atoms with Crippen molar-refractivity contribution in [3.8, 4) is 28.1 Å². The van der Waals surface area contributed by atoms with E-state index in [4.69, 9.17) is 21.3 Å². The quantitative estimate of drug-likeness (QED) is 0.467. The Hall–Kier alpha value is -2.99. The van der Waals surface area contributed by atoms with E-state index in [1.54, 1.807) is 4.90 Å². The number of carboxylic acid groups (broad SMARTS) is 1. The van der Waals surface area contributed by atoms with Gasteiger partial charge in [-0.1, -0.05) is 18.0 Å². The molecular weight excluding hydrogens is 438 g/mol. The Bertz CT molecular complexity index is 1320. The first-order valence-electron chi connectivity index (χ1n) is 11.8. The molecule has 2 N–H and O–H groups in total. The van der Waals surface area contributed by atoms with Crippen molar-refractivity contribution in [2.75, 3.05) is 0 Å². The minimum Gasteiger partial charge on any atom is -0.488 e. The first-order chi connectivity index (χ1) is 16.1. The van der Waals surface area contributed by atoms with Crippen LogP contribution in [-0.2, 0) is 19.4 Å². The summed E-state index contributed by atoms with van der Waals surface area (Å²) in [6, 6.07) is 10.3. The number of fused-ring (bicyclic) bond motifs is 7. The van der Waals surface area contributed by atoms with Crippen LogP contribution < -0.4 is 4.74 Å². The van der Waals surface area contributed by atoms with Crippen molar-refractivity contribution in [2.24, 2.45) is 5.92 Å². The maximum atomic E-state index is 12.1. The zero-order valence-corrected chi connectivity index (χ0v) is 18.9. The van der Waals surface area contributed by atoms with Crippen LogP contribution in [0.3, 0.4) is 0 Å². The number of hydrogen-bond acceptors (Lipinski definition) is 3. The molecule has 6 nitrogen and oxygen atoms in total. The average Bonchev–Trinajstić information content (AvgIpc) is 3.51. The molecule has 0 radical (unpaired) electrons. The summed E-state index contributed by atoms with van der Waals surface area (Å²) < 4.78 is 5.99. The molecule has 1 unspecified atom stereocenters. The Kier molecular flexibility index (Phi) is 4.13. The van der Waals surface area contributed by atoms with Gasteiger partial charge in [-0.05, 0) is 85.0 Å². The van der Waals surface area contributed by atoms with Gasteiger partial charge < -0.3 is 14.8 Å². The number of rotatable bonds is 1. The molecular formula is C26H24ClN3O3. The summed E-state index contributed by atoms with van der Waals surface area (Å²) in [6.07, 6.45) is 5.06. The largest absolute Gasteiger partial charge is 0.488 e. The minimum atomic E-state index is -0.825. The Labute approximate surface area is 196 Å². The molecule has 0 bridgehead atoms. The zero-order valence-electron chi connectivity index (χ0n) is 18.1. The highest BCUT2D eigenvalue weighted by Gasteiger charge is 2.48. The number of aryl methyl sites for hydroxylation is 2. The van der Waals surface area contributed by atoms with Crippen LogP contribution >= 0.6 is 11.6 Å². The van der Waals surface area contributed by atoms with Gasteiger partial charge in [-0.15, -0.1) is 0 Å². The maximum absolute atomic E-state index is 12.1. The molecule has 1 amide bonds. The number of likely N-dealkylation sites (tertiary alicyclic amines) is 1. The summed E-state index contributed by atoms with van der Waals surface area (Å²) >= 11 is 6.16. The summed E-state index contributed by atoms with van der Waals surface area (Å²) in [6.45, 7) is 0.501. The van der Waals surface area contributed by atoms with Crippen molar-refractivity contribution in [1.29, 1.82) is 0 Å². The highest BCUT2D eigenvalue weighted by Crippen LogP contribution is 2.48. The van der Waals surface area contributed by atoms with Crippen molar-refractivity contribution in [2.45, 2.75) is 57.2 Å². The zero-order chi connectivity index (χ0) is 22.3. The van der Waals surface area contributed by atoms with Crippen LogP contribution in [0.2, 0.25) is 5.02 Å². The first kappa shape index (κ1) is 19.5. The number of nitrogens with one attached hydrogen (secondary N) is 1.